The number of hydrogen-bond donors (Lipinski definition) is 2. The average Bonchev–Trinajstić information content (AvgIpc) is 2.68. The molecule has 1 heterocycles. The summed E-state index contributed by atoms with van der Waals surface area (Å²) in [6.07, 6.45) is 2.10. The van der Waals surface area contributed by atoms with Crippen LogP contribution in [0.3, 0.4) is 0 Å². The van der Waals surface area contributed by atoms with Crippen molar-refractivity contribution in [2.75, 3.05) is 5.73 Å². The number of nitrogens with one attached hydrogen (secondary N) is 1. The van der Waals surface area contributed by atoms with E-state index in [0.717, 1.165) is 34.1 Å². The van der Waals surface area contributed by atoms with Crippen molar-refractivity contribution in [3.05, 3.63) is 34.4 Å². The Kier molecular flexibility index (Phi) is 4.07. The Hall–Kier alpha value is -1.29. The van der Waals surface area contributed by atoms with Gasteiger partial charge in [-0.15, -0.1) is 0 Å². The van der Waals surface area contributed by atoms with Crippen molar-refractivity contribution in [1.82, 2.24) is 10.2 Å². The number of nitrogens with two attached hydrogens (primary N) is 1. The monoisotopic (exact) mass is 307 g/mol. The molecule has 0 aliphatic rings. The van der Waals surface area contributed by atoms with Gasteiger partial charge in [0.1, 0.15) is 0 Å². The second-order valence-corrected chi connectivity index (χ2v) is 5.82. The second-order valence-electron chi connectivity index (χ2n) is 4.91. The molecule has 3 N–H and O–H groups in total. The van der Waals surface area contributed by atoms with Crippen molar-refractivity contribution in [1.29, 1.82) is 0 Å². The third-order valence-corrected chi connectivity index (χ3v) is 3.45. The fourth-order valence-electron chi connectivity index (χ4n) is 1.97. The summed E-state index contributed by atoms with van der Waals surface area (Å²) in [5.74, 6) is 1.25. The van der Waals surface area contributed by atoms with E-state index in [1.165, 1.54) is 0 Å². The molecule has 2 rings (SSSR count). The number of aromatic amines is 1. The van der Waals surface area contributed by atoms with Gasteiger partial charge in [-0.2, -0.15) is 5.10 Å². The lowest BCUT2D eigenvalue weighted by molar-refractivity contribution is 0.581. The molecule has 96 valence electrons. The Balaban J connectivity index is 2.34. The van der Waals surface area contributed by atoms with Crippen LogP contribution in [0.5, 0.6) is 0 Å². The normalized spacial score (nSPS) is 11.1. The zero-order valence-electron chi connectivity index (χ0n) is 10.7. The average molecular weight is 308 g/mol. The van der Waals surface area contributed by atoms with Gasteiger partial charge in [-0.1, -0.05) is 41.9 Å². The Labute approximate surface area is 116 Å². The summed E-state index contributed by atoms with van der Waals surface area (Å²) in [6.45, 7) is 4.44. The van der Waals surface area contributed by atoms with E-state index in [9.17, 15) is 0 Å². The molecule has 0 fully saturated rings. The van der Waals surface area contributed by atoms with Crippen molar-refractivity contribution >= 4 is 21.7 Å². The first-order chi connectivity index (χ1) is 8.58. The summed E-state index contributed by atoms with van der Waals surface area (Å²) in [4.78, 5) is 0. The number of aromatic nitrogens is 2. The predicted molar refractivity (Wildman–Crippen MR) is 79.3 cm³/mol. The molecule has 4 heteroatoms. The van der Waals surface area contributed by atoms with E-state index in [0.29, 0.717) is 11.7 Å². The van der Waals surface area contributed by atoms with E-state index in [4.69, 9.17) is 5.73 Å². The molecule has 0 aliphatic heterocycles. The van der Waals surface area contributed by atoms with Gasteiger partial charge in [0, 0.05) is 15.7 Å². The summed E-state index contributed by atoms with van der Waals surface area (Å²) >= 11 is 3.49. The lowest BCUT2D eigenvalue weighted by Crippen LogP contribution is -1.95. The van der Waals surface area contributed by atoms with Crippen LogP contribution in [-0.2, 0) is 6.42 Å². The Morgan fingerprint density at radius 1 is 1.39 bits per heavy atom. The summed E-state index contributed by atoms with van der Waals surface area (Å²) in [5.41, 5.74) is 9.24. The van der Waals surface area contributed by atoms with Gasteiger partial charge in [0.15, 0.2) is 5.82 Å². The van der Waals surface area contributed by atoms with Crippen LogP contribution in [0.2, 0.25) is 0 Å². The van der Waals surface area contributed by atoms with Crippen LogP contribution >= 0.6 is 15.9 Å². The molecule has 0 spiro atoms. The smallest absolute Gasteiger partial charge is 0.153 e. The van der Waals surface area contributed by atoms with Gasteiger partial charge in [0.05, 0.1) is 0 Å². The molecular weight excluding hydrogens is 290 g/mol. The highest BCUT2D eigenvalue weighted by Crippen LogP contribution is 2.30. The summed E-state index contributed by atoms with van der Waals surface area (Å²) in [7, 11) is 0. The molecule has 0 amide bonds. The number of hydrogen-bond acceptors (Lipinski definition) is 2. The molecule has 1 aromatic carbocycles. The quantitative estimate of drug-likeness (QED) is 0.896. The SMILES string of the molecule is CC(C)CCc1[nH]nc(N)c1-c1cccc(Br)c1. The number of halogens is 1. The maximum atomic E-state index is 5.97. The van der Waals surface area contributed by atoms with Crippen LogP contribution in [-0.4, -0.2) is 10.2 Å². The van der Waals surface area contributed by atoms with E-state index >= 15 is 0 Å². The van der Waals surface area contributed by atoms with E-state index < -0.39 is 0 Å². The lowest BCUT2D eigenvalue weighted by atomic mass is 10.00. The molecule has 0 bridgehead atoms. The first-order valence-electron chi connectivity index (χ1n) is 6.16. The number of aryl methyl sites for hydroxylation is 1. The van der Waals surface area contributed by atoms with Gasteiger partial charge in [-0.3, -0.25) is 5.10 Å². The molecule has 0 unspecified atom stereocenters. The zero-order valence-corrected chi connectivity index (χ0v) is 12.3. The number of benzene rings is 1. The largest absolute Gasteiger partial charge is 0.382 e. The Bertz CT molecular complexity index is 532. The zero-order chi connectivity index (χ0) is 13.1. The number of H-pyrrole nitrogens is 1. The van der Waals surface area contributed by atoms with Crippen molar-refractivity contribution < 1.29 is 0 Å². The molecule has 3 nitrogen and oxygen atoms in total. The first kappa shape index (κ1) is 13.1. The van der Waals surface area contributed by atoms with Crippen molar-refractivity contribution in [3.63, 3.8) is 0 Å². The van der Waals surface area contributed by atoms with Crippen LogP contribution in [0, 0.1) is 5.92 Å². The summed E-state index contributed by atoms with van der Waals surface area (Å²) < 4.78 is 1.05. The van der Waals surface area contributed by atoms with E-state index in [2.05, 4.69) is 52.1 Å². The molecular formula is C14H18BrN3. The topological polar surface area (TPSA) is 54.7 Å². The molecule has 2 aromatic rings. The molecule has 0 saturated heterocycles. The molecule has 0 saturated carbocycles. The Morgan fingerprint density at radius 2 is 2.17 bits per heavy atom. The summed E-state index contributed by atoms with van der Waals surface area (Å²) in [6, 6.07) is 8.15. The summed E-state index contributed by atoms with van der Waals surface area (Å²) in [5, 5.41) is 7.20. The first-order valence-corrected chi connectivity index (χ1v) is 6.96. The number of nitrogens with zero attached hydrogens (tertiary/aromatic N) is 1. The van der Waals surface area contributed by atoms with E-state index in [1.807, 2.05) is 12.1 Å². The lowest BCUT2D eigenvalue weighted by Gasteiger charge is -2.07. The standard InChI is InChI=1S/C14H18BrN3/c1-9(2)6-7-12-13(14(16)18-17-12)10-4-3-5-11(15)8-10/h3-5,8-9H,6-7H2,1-2H3,(H3,16,17,18). The fourth-order valence-corrected chi connectivity index (χ4v) is 2.37. The van der Waals surface area contributed by atoms with Crippen LogP contribution in [0.4, 0.5) is 5.82 Å². The maximum absolute atomic E-state index is 5.97. The minimum atomic E-state index is 0.576. The minimum Gasteiger partial charge on any atom is -0.382 e. The van der Waals surface area contributed by atoms with Crippen molar-refractivity contribution in [3.8, 4) is 11.1 Å². The van der Waals surface area contributed by atoms with Crippen molar-refractivity contribution in [2.24, 2.45) is 5.92 Å². The highest BCUT2D eigenvalue weighted by atomic mass is 79.9. The van der Waals surface area contributed by atoms with E-state index in [1.54, 1.807) is 0 Å². The van der Waals surface area contributed by atoms with Gasteiger partial charge in [0.2, 0.25) is 0 Å². The third kappa shape index (κ3) is 2.93. The molecule has 1 aromatic heterocycles. The molecule has 0 aliphatic carbocycles. The van der Waals surface area contributed by atoms with Gasteiger partial charge >= 0.3 is 0 Å². The molecule has 0 atom stereocenters. The third-order valence-electron chi connectivity index (χ3n) is 2.95. The predicted octanol–water partition coefficient (Wildman–Crippen LogP) is 4.01. The Morgan fingerprint density at radius 3 is 2.83 bits per heavy atom. The number of nitrogen functional groups attached to an aromatic ring is 1. The number of anilines is 1. The minimum absolute atomic E-state index is 0.576. The highest BCUT2D eigenvalue weighted by molar-refractivity contribution is 9.10. The van der Waals surface area contributed by atoms with Gasteiger partial charge in [-0.25, -0.2) is 0 Å². The molecule has 0 radical (unpaired) electrons. The van der Waals surface area contributed by atoms with Crippen molar-refractivity contribution in [2.45, 2.75) is 26.7 Å². The van der Waals surface area contributed by atoms with Crippen LogP contribution in [0.15, 0.2) is 28.7 Å². The maximum Gasteiger partial charge on any atom is 0.153 e. The van der Waals surface area contributed by atoms with Crippen LogP contribution < -0.4 is 5.73 Å². The molecule has 18 heavy (non-hydrogen) atoms. The highest BCUT2D eigenvalue weighted by Gasteiger charge is 2.13. The van der Waals surface area contributed by atoms with Gasteiger partial charge < -0.3 is 5.73 Å². The van der Waals surface area contributed by atoms with Crippen LogP contribution in [0.1, 0.15) is 26.0 Å². The van der Waals surface area contributed by atoms with Crippen LogP contribution in [0.25, 0.3) is 11.1 Å². The number of rotatable bonds is 4. The van der Waals surface area contributed by atoms with E-state index in [-0.39, 0.29) is 0 Å². The fraction of sp³-hybridized carbons (Fsp3) is 0.357. The van der Waals surface area contributed by atoms with Gasteiger partial charge in [-0.05, 0) is 36.5 Å². The second kappa shape index (κ2) is 5.57. The van der Waals surface area contributed by atoms with Gasteiger partial charge in [0.25, 0.3) is 0 Å².